The van der Waals surface area contributed by atoms with Gasteiger partial charge >= 0.3 is 74.9 Å². The van der Waals surface area contributed by atoms with E-state index in [-0.39, 0.29) is 98.5 Å². The Morgan fingerprint density at radius 2 is 1.56 bits per heavy atom. The van der Waals surface area contributed by atoms with Gasteiger partial charge in [-0.1, -0.05) is 83.9 Å². The second kappa shape index (κ2) is 28.5. The first-order valence-electron chi connectivity index (χ1n) is 19.6. The summed E-state index contributed by atoms with van der Waals surface area (Å²) in [7, 11) is -16.4. The fourth-order valence-corrected chi connectivity index (χ4v) is 9.50. The summed E-state index contributed by atoms with van der Waals surface area (Å²) in [5.41, 5.74) is 4.28. The Morgan fingerprint density at radius 1 is 0.937 bits per heavy atom. The van der Waals surface area contributed by atoms with Crippen LogP contribution in [-0.2, 0) is 50.7 Å². The number of nitrogens with two attached hydrogens (primary N) is 1. The third-order valence-corrected chi connectivity index (χ3v) is 13.3. The molecule has 1 aliphatic heterocycles. The van der Waals surface area contributed by atoms with Crippen LogP contribution < -0.4 is 67.8 Å². The fraction of sp³-hybridized carbons (Fsp3) is 0.758. The van der Waals surface area contributed by atoms with E-state index in [2.05, 4.69) is 41.3 Å². The number of aliphatic hydroxyl groups is 2. The number of fused-ring (bicyclic) bond motifs is 1. The molecule has 0 bridgehead atoms. The molecule has 12 N–H and O–H groups in total. The van der Waals surface area contributed by atoms with Crippen molar-refractivity contribution in [3.8, 4) is 0 Å². The molecule has 1 saturated heterocycles. The van der Waals surface area contributed by atoms with E-state index in [0.29, 0.717) is 12.2 Å². The normalized spacial score (nSPS) is 20.2. The molecule has 0 radical (unpaired) electrons. The predicted octanol–water partition coefficient (Wildman–Crippen LogP) is -1.24. The quantitative estimate of drug-likeness (QED) is 0.0262. The molecule has 356 valence electrons. The molecule has 63 heavy (non-hydrogen) atoms. The number of imidazole rings is 1. The van der Waals surface area contributed by atoms with E-state index in [1.54, 1.807) is 0 Å². The van der Waals surface area contributed by atoms with E-state index in [1.165, 1.54) is 52.4 Å². The van der Waals surface area contributed by atoms with Crippen LogP contribution in [-0.4, -0.2) is 128 Å². The van der Waals surface area contributed by atoms with Crippen LogP contribution in [0.25, 0.3) is 11.2 Å². The van der Waals surface area contributed by atoms with Gasteiger partial charge in [-0.15, -0.1) is 0 Å². The van der Waals surface area contributed by atoms with Crippen molar-refractivity contribution in [1.82, 2.24) is 30.2 Å². The van der Waals surface area contributed by atoms with E-state index in [0.717, 1.165) is 48.2 Å². The summed E-state index contributed by atoms with van der Waals surface area (Å²) in [6.07, 6.45) is 4.02. The second-order valence-electron chi connectivity index (χ2n) is 14.9. The standard InChI is InChI=1S/C33H58N7O17P3S.K.H2O/c1-4-5-6-7-8-9-10-11-12-13-24(42)61-17-16-35-23(41)14-15-36-31(45)28(44)33(2,3)19-54-60(51,52)57-59(49,50)53-18-22-27(56-58(46,47)48)26(43)32(55-22)40-21-39-25-29(34)37-20-38-30(25)40;;/h20-22,26-28,32,43-44H,4-19H2,1-3H3,(H,35,41)(H,36,45)(H,49,50)(H,51,52)(H2,34,37,38)(H2,46,47,48);;1H2/q;+1;/t22-,26-,27-,28+,32-;;/m1../s1. The Morgan fingerprint density at radius 3 is 2.19 bits per heavy atom. The van der Waals surface area contributed by atoms with Crippen molar-refractivity contribution in [3.05, 3.63) is 12.7 Å². The van der Waals surface area contributed by atoms with Crippen molar-refractivity contribution in [2.24, 2.45) is 5.41 Å². The zero-order valence-electron chi connectivity index (χ0n) is 35.6. The van der Waals surface area contributed by atoms with Crippen molar-refractivity contribution >= 4 is 69.1 Å². The SMILES string of the molecule is CCCCCCCCCCCC(=O)SCCNC(=O)CCNC(=O)[C@H](O)C(C)(C)COP(=O)(O)OP(=O)(O)OC[C@H]1O[C@@H](n2cnc3c(N)ncnc32)[C@H](O)[C@@H]1OP(=O)(O)O.O.[K+]. The monoisotopic (exact) mass is 1010 g/mol. The van der Waals surface area contributed by atoms with Gasteiger partial charge in [0.1, 0.15) is 36.3 Å². The summed E-state index contributed by atoms with van der Waals surface area (Å²) in [4.78, 5) is 88.0. The minimum atomic E-state index is -5.57. The number of aromatic nitrogens is 4. The number of carbonyl (C=O) groups is 3. The number of hydrogen-bond donors (Lipinski definition) is 9. The molecule has 3 rings (SSSR count). The van der Waals surface area contributed by atoms with Crippen LogP contribution in [0.5, 0.6) is 0 Å². The smallest absolute Gasteiger partial charge is 0.412 e. The molecule has 2 aromatic heterocycles. The van der Waals surface area contributed by atoms with Crippen LogP contribution in [0.3, 0.4) is 0 Å². The Hall–Kier alpha value is -0.844. The summed E-state index contributed by atoms with van der Waals surface area (Å²) in [5.74, 6) is -1.02. The molecule has 0 aliphatic carbocycles. The van der Waals surface area contributed by atoms with Gasteiger partial charge in [0.15, 0.2) is 22.8 Å². The number of nitrogens with one attached hydrogen (secondary N) is 2. The van der Waals surface area contributed by atoms with Gasteiger partial charge < -0.3 is 56.4 Å². The molecule has 25 nitrogen and oxygen atoms in total. The average Bonchev–Trinajstić information content (AvgIpc) is 3.73. The number of aliphatic hydroxyl groups excluding tert-OH is 2. The third kappa shape index (κ3) is 21.3. The Balaban J connectivity index is 0.00000992. The molecule has 30 heteroatoms. The summed E-state index contributed by atoms with van der Waals surface area (Å²) < 4.78 is 62.3. The van der Waals surface area contributed by atoms with E-state index in [9.17, 15) is 57.9 Å². The van der Waals surface area contributed by atoms with Gasteiger partial charge in [-0.3, -0.25) is 32.5 Å². The first-order chi connectivity index (χ1) is 28.6. The first kappa shape index (κ1) is 60.2. The Labute approximate surface area is 411 Å². The van der Waals surface area contributed by atoms with Crippen molar-refractivity contribution in [3.63, 3.8) is 0 Å². The van der Waals surface area contributed by atoms with Crippen LogP contribution in [0, 0.1) is 5.41 Å². The van der Waals surface area contributed by atoms with Crippen LogP contribution >= 0.6 is 35.2 Å². The summed E-state index contributed by atoms with van der Waals surface area (Å²) in [6.45, 7) is 2.76. The number of carbonyl (C=O) groups excluding carboxylic acids is 3. The minimum absolute atomic E-state index is 0. The molecule has 7 atom stereocenters. The number of phosphoric ester groups is 3. The van der Waals surface area contributed by atoms with Crippen LogP contribution in [0.15, 0.2) is 12.7 Å². The summed E-state index contributed by atoms with van der Waals surface area (Å²) >= 11 is 1.15. The number of nitrogens with zero attached hydrogens (tertiary/aromatic N) is 4. The number of anilines is 1. The largest absolute Gasteiger partial charge is 1.00 e. The predicted molar refractivity (Wildman–Crippen MR) is 223 cm³/mol. The third-order valence-electron chi connectivity index (χ3n) is 9.25. The Kier molecular flexibility index (Phi) is 27.2. The number of hydrogen-bond acceptors (Lipinski definition) is 18. The number of ether oxygens (including phenoxy) is 1. The van der Waals surface area contributed by atoms with E-state index in [1.807, 2.05) is 0 Å². The van der Waals surface area contributed by atoms with Crippen LogP contribution in [0.4, 0.5) is 5.82 Å². The van der Waals surface area contributed by atoms with Gasteiger partial charge in [-0.2, -0.15) is 4.31 Å². The molecule has 1 aliphatic rings. The molecule has 0 spiro atoms. The number of rotatable bonds is 29. The van der Waals surface area contributed by atoms with Crippen molar-refractivity contribution in [2.45, 2.75) is 122 Å². The van der Waals surface area contributed by atoms with Gasteiger partial charge in [-0.25, -0.2) is 28.6 Å². The number of amides is 2. The topological polar surface area (TPSA) is 395 Å². The van der Waals surface area contributed by atoms with Gasteiger partial charge in [-0.05, 0) is 6.42 Å². The van der Waals surface area contributed by atoms with Crippen molar-refractivity contribution in [1.29, 1.82) is 0 Å². The second-order valence-corrected chi connectivity index (χ2v) is 20.3. The van der Waals surface area contributed by atoms with Gasteiger partial charge in [0.25, 0.3) is 0 Å². The molecular weight excluding hydrogens is 946 g/mol. The average molecular weight is 1010 g/mol. The van der Waals surface area contributed by atoms with Gasteiger partial charge in [0.05, 0.1) is 19.5 Å². The molecule has 2 aromatic rings. The maximum absolute atomic E-state index is 12.7. The Bertz CT molecular complexity index is 1900. The fourth-order valence-electron chi connectivity index (χ4n) is 5.95. The van der Waals surface area contributed by atoms with E-state index >= 15 is 0 Å². The number of phosphoric acid groups is 3. The molecule has 1 fully saturated rings. The van der Waals surface area contributed by atoms with Crippen molar-refractivity contribution in [2.75, 3.05) is 37.8 Å². The molecular formula is C33H60KN7O18P3S+. The maximum atomic E-state index is 12.7. The first-order valence-corrected chi connectivity index (χ1v) is 25.1. The van der Waals surface area contributed by atoms with Gasteiger partial charge in [0, 0.05) is 37.1 Å². The van der Waals surface area contributed by atoms with Gasteiger partial charge in [0.2, 0.25) is 11.8 Å². The zero-order chi connectivity index (χ0) is 45.4. The number of thioether (sulfide) groups is 1. The molecule has 2 unspecified atom stereocenters. The summed E-state index contributed by atoms with van der Waals surface area (Å²) in [5, 5.41) is 26.6. The van der Waals surface area contributed by atoms with E-state index < -0.39 is 84.6 Å². The maximum Gasteiger partial charge on any atom is 1.00 e. The molecule has 0 saturated carbocycles. The minimum Gasteiger partial charge on any atom is -0.412 e. The molecule has 3 heterocycles. The molecule has 0 aromatic carbocycles. The van der Waals surface area contributed by atoms with Crippen LogP contribution in [0.2, 0.25) is 0 Å². The zero-order valence-corrected chi connectivity index (χ0v) is 42.3. The van der Waals surface area contributed by atoms with Crippen LogP contribution in [0.1, 0.15) is 97.6 Å². The number of unbranched alkanes of at least 4 members (excludes halogenated alkanes) is 8. The van der Waals surface area contributed by atoms with Crippen molar-refractivity contribution < 1.29 is 137 Å². The summed E-state index contributed by atoms with van der Waals surface area (Å²) in [6, 6.07) is 0. The van der Waals surface area contributed by atoms with E-state index in [4.69, 9.17) is 19.5 Å². The molecule has 2 amide bonds. The number of nitrogen functional groups attached to an aromatic ring is 1.